The number of rotatable bonds is 6. The van der Waals surface area contributed by atoms with Gasteiger partial charge in [0.2, 0.25) is 17.7 Å². The Balaban J connectivity index is 2.19. The highest BCUT2D eigenvalue weighted by Crippen LogP contribution is 2.28. The van der Waals surface area contributed by atoms with E-state index in [1.165, 1.54) is 19.3 Å². The fourth-order valence-corrected chi connectivity index (χ4v) is 2.77. The molecule has 1 aliphatic rings. The Kier molecular flexibility index (Phi) is 5.24. The smallest absolute Gasteiger partial charge is 0.232 e. The molecule has 19 heavy (non-hydrogen) atoms. The van der Waals surface area contributed by atoms with Crippen molar-refractivity contribution < 1.29 is 9.47 Å². The first-order chi connectivity index (χ1) is 9.28. The van der Waals surface area contributed by atoms with Gasteiger partial charge in [-0.3, -0.25) is 0 Å². The first-order valence-corrected chi connectivity index (χ1v) is 7.70. The molecule has 0 aromatic carbocycles. The number of alkyl halides is 1. The van der Waals surface area contributed by atoms with Crippen LogP contribution in [-0.4, -0.2) is 42.1 Å². The summed E-state index contributed by atoms with van der Waals surface area (Å²) in [6, 6.07) is 2.22. The molecule has 106 valence electrons. The number of nitrogens with zero attached hydrogens (tertiary/aromatic N) is 3. The van der Waals surface area contributed by atoms with Gasteiger partial charge in [-0.2, -0.15) is 9.97 Å². The van der Waals surface area contributed by atoms with E-state index in [1.807, 2.05) is 0 Å². The highest BCUT2D eigenvalue weighted by Gasteiger charge is 2.27. The van der Waals surface area contributed by atoms with Gasteiger partial charge >= 0.3 is 0 Å². The van der Waals surface area contributed by atoms with E-state index >= 15 is 0 Å². The minimum atomic E-state index is 0.523. The van der Waals surface area contributed by atoms with Crippen LogP contribution >= 0.6 is 15.9 Å². The summed E-state index contributed by atoms with van der Waals surface area (Å²) in [5.74, 6) is 1.81. The highest BCUT2D eigenvalue weighted by molar-refractivity contribution is 9.09. The van der Waals surface area contributed by atoms with Crippen molar-refractivity contribution in [1.29, 1.82) is 0 Å². The van der Waals surface area contributed by atoms with E-state index in [0.29, 0.717) is 23.8 Å². The Hall–Kier alpha value is -1.04. The summed E-state index contributed by atoms with van der Waals surface area (Å²) in [5, 5.41) is 1.04. The molecule has 0 aliphatic carbocycles. The molecule has 0 radical (unpaired) electrons. The first-order valence-electron chi connectivity index (χ1n) is 6.58. The molecule has 2 heterocycles. The van der Waals surface area contributed by atoms with Crippen molar-refractivity contribution in [2.45, 2.75) is 31.7 Å². The number of halogens is 1. The number of ether oxygens (including phenoxy) is 2. The molecule has 1 aromatic rings. The van der Waals surface area contributed by atoms with Crippen LogP contribution in [-0.2, 0) is 0 Å². The molecule has 1 aliphatic heterocycles. The van der Waals surface area contributed by atoms with Crippen molar-refractivity contribution in [3.8, 4) is 11.8 Å². The molecule has 1 aromatic heterocycles. The quantitative estimate of drug-likeness (QED) is 0.751. The summed E-state index contributed by atoms with van der Waals surface area (Å²) >= 11 is 3.49. The van der Waals surface area contributed by atoms with Crippen molar-refractivity contribution in [1.82, 2.24) is 9.97 Å². The molecule has 1 saturated heterocycles. The number of anilines is 1. The zero-order valence-corrected chi connectivity index (χ0v) is 13.0. The second kappa shape index (κ2) is 6.93. The number of aromatic nitrogens is 2. The second-order valence-corrected chi connectivity index (χ2v) is 5.37. The Morgan fingerprint density at radius 2 is 2.00 bits per heavy atom. The van der Waals surface area contributed by atoms with Crippen LogP contribution in [0.25, 0.3) is 0 Å². The van der Waals surface area contributed by atoms with Gasteiger partial charge in [0.05, 0.1) is 20.3 Å². The van der Waals surface area contributed by atoms with Gasteiger partial charge < -0.3 is 14.4 Å². The van der Waals surface area contributed by atoms with Crippen molar-refractivity contribution in [2.75, 3.05) is 31.0 Å². The first kappa shape index (κ1) is 14.4. The summed E-state index contributed by atoms with van der Waals surface area (Å²) in [6.45, 7) is 1.00. The van der Waals surface area contributed by atoms with Gasteiger partial charge in [0.1, 0.15) is 0 Å². The van der Waals surface area contributed by atoms with Crippen LogP contribution in [0, 0.1) is 0 Å². The van der Waals surface area contributed by atoms with Gasteiger partial charge in [-0.1, -0.05) is 15.9 Å². The van der Waals surface area contributed by atoms with E-state index in [1.54, 1.807) is 20.3 Å². The molecule has 2 rings (SSSR count). The highest BCUT2D eigenvalue weighted by atomic mass is 79.9. The zero-order valence-electron chi connectivity index (χ0n) is 11.4. The van der Waals surface area contributed by atoms with Crippen molar-refractivity contribution in [3.63, 3.8) is 0 Å². The van der Waals surface area contributed by atoms with E-state index in [0.717, 1.165) is 18.3 Å². The molecule has 0 spiro atoms. The zero-order chi connectivity index (χ0) is 13.7. The third-order valence-corrected chi connectivity index (χ3v) is 3.95. The third kappa shape index (κ3) is 3.49. The fraction of sp³-hybridized carbons (Fsp3) is 0.692. The molecule has 6 heteroatoms. The summed E-state index contributed by atoms with van der Waals surface area (Å²) in [5.41, 5.74) is 0. The maximum Gasteiger partial charge on any atom is 0.232 e. The van der Waals surface area contributed by atoms with Gasteiger partial charge in [-0.05, 0) is 25.7 Å². The lowest BCUT2D eigenvalue weighted by molar-refractivity contribution is 0.371. The van der Waals surface area contributed by atoms with Gasteiger partial charge in [-0.15, -0.1) is 0 Å². The second-order valence-electron chi connectivity index (χ2n) is 4.57. The fourth-order valence-electron chi connectivity index (χ4n) is 2.44. The van der Waals surface area contributed by atoms with Crippen molar-refractivity contribution >= 4 is 21.9 Å². The molecular weight excluding hydrogens is 310 g/mol. The molecular formula is C13H20BrN3O2. The Bertz CT molecular complexity index is 395. The van der Waals surface area contributed by atoms with E-state index in [4.69, 9.17) is 9.47 Å². The molecule has 1 unspecified atom stereocenters. The minimum absolute atomic E-state index is 0.523. The van der Waals surface area contributed by atoms with E-state index in [-0.39, 0.29) is 0 Å². The van der Waals surface area contributed by atoms with Crippen molar-refractivity contribution in [3.05, 3.63) is 6.07 Å². The minimum Gasteiger partial charge on any atom is -0.481 e. The molecule has 0 bridgehead atoms. The SMILES string of the molecule is COc1cc(OC)nc(N2CCCC2CCCBr)n1. The topological polar surface area (TPSA) is 47.5 Å². The van der Waals surface area contributed by atoms with E-state index in [9.17, 15) is 0 Å². The molecule has 0 saturated carbocycles. The van der Waals surface area contributed by atoms with Crippen LogP contribution in [0.15, 0.2) is 6.07 Å². The predicted octanol–water partition coefficient (Wildman–Crippen LogP) is 2.64. The Labute approximate surface area is 122 Å². The average Bonchev–Trinajstić information content (AvgIpc) is 2.92. The van der Waals surface area contributed by atoms with Gasteiger partial charge in [0.15, 0.2) is 0 Å². The monoisotopic (exact) mass is 329 g/mol. The van der Waals surface area contributed by atoms with Crippen molar-refractivity contribution in [2.24, 2.45) is 0 Å². The molecule has 1 atom stereocenters. The Morgan fingerprint density at radius 1 is 1.32 bits per heavy atom. The number of hydrogen-bond donors (Lipinski definition) is 0. The molecule has 5 nitrogen and oxygen atoms in total. The summed E-state index contributed by atoms with van der Waals surface area (Å²) in [4.78, 5) is 11.2. The van der Waals surface area contributed by atoms with Crippen LogP contribution < -0.4 is 14.4 Å². The maximum absolute atomic E-state index is 5.21. The molecule has 1 fully saturated rings. The summed E-state index contributed by atoms with van der Waals surface area (Å²) in [6.07, 6.45) is 4.72. The molecule has 0 N–H and O–H groups in total. The molecule has 0 amide bonds. The third-order valence-electron chi connectivity index (χ3n) is 3.39. The lowest BCUT2D eigenvalue weighted by Gasteiger charge is -2.24. The van der Waals surface area contributed by atoms with E-state index in [2.05, 4.69) is 30.8 Å². The maximum atomic E-state index is 5.21. The average molecular weight is 330 g/mol. The van der Waals surface area contributed by atoms with Crippen LogP contribution in [0.5, 0.6) is 11.8 Å². The standard InChI is InChI=1S/C13H20BrN3O2/c1-18-11-9-12(19-2)16-13(15-11)17-8-4-6-10(17)5-3-7-14/h9-10H,3-8H2,1-2H3. The van der Waals surface area contributed by atoms with Crippen LogP contribution in [0.3, 0.4) is 0 Å². The number of hydrogen-bond acceptors (Lipinski definition) is 5. The van der Waals surface area contributed by atoms with Crippen LogP contribution in [0.4, 0.5) is 5.95 Å². The normalized spacial score (nSPS) is 18.7. The Morgan fingerprint density at radius 3 is 2.58 bits per heavy atom. The van der Waals surface area contributed by atoms with Crippen LogP contribution in [0.2, 0.25) is 0 Å². The summed E-state index contributed by atoms with van der Waals surface area (Å²) in [7, 11) is 3.22. The van der Waals surface area contributed by atoms with Gasteiger partial charge in [-0.25, -0.2) is 0 Å². The van der Waals surface area contributed by atoms with Gasteiger partial charge in [0.25, 0.3) is 0 Å². The lowest BCUT2D eigenvalue weighted by atomic mass is 10.1. The largest absolute Gasteiger partial charge is 0.481 e. The summed E-state index contributed by atoms with van der Waals surface area (Å²) < 4.78 is 10.4. The number of methoxy groups -OCH3 is 2. The van der Waals surface area contributed by atoms with E-state index < -0.39 is 0 Å². The predicted molar refractivity (Wildman–Crippen MR) is 78.5 cm³/mol. The lowest BCUT2D eigenvalue weighted by Crippen LogP contribution is -2.31. The van der Waals surface area contributed by atoms with Crippen LogP contribution in [0.1, 0.15) is 25.7 Å². The van der Waals surface area contributed by atoms with Gasteiger partial charge in [0, 0.05) is 17.9 Å².